The van der Waals surface area contributed by atoms with Crippen molar-refractivity contribution in [3.8, 4) is 0 Å². The Morgan fingerprint density at radius 1 is 1.26 bits per heavy atom. The Kier molecular flexibility index (Phi) is 8.48. The summed E-state index contributed by atoms with van der Waals surface area (Å²) in [7, 11) is 0. The quantitative estimate of drug-likeness (QED) is 0.371. The van der Waals surface area contributed by atoms with E-state index in [1.165, 1.54) is 0 Å². The Balaban J connectivity index is 1.63. The van der Waals surface area contributed by atoms with Crippen molar-refractivity contribution in [2.45, 2.75) is 103 Å². The molecule has 2 aliphatic rings. The van der Waals surface area contributed by atoms with E-state index in [2.05, 4.69) is 23.8 Å². The first kappa shape index (κ1) is 28.9. The van der Waals surface area contributed by atoms with Gasteiger partial charge >= 0.3 is 0 Å². The topological polar surface area (TPSA) is 112 Å². The van der Waals surface area contributed by atoms with E-state index in [9.17, 15) is 19.8 Å². The largest absolute Gasteiger partial charge is 0.392 e. The molecule has 0 saturated carbocycles. The number of Topliss-reactive ketones (excluding diaryl/α,β-unsaturated/α-hetero) is 1. The molecule has 3 N–H and O–H groups in total. The van der Waals surface area contributed by atoms with E-state index >= 15 is 0 Å². The smallest absolute Gasteiger partial charge is 0.223 e. The number of aliphatic hydroxyl groups excluding tert-OH is 2. The summed E-state index contributed by atoms with van der Waals surface area (Å²) >= 11 is 1.63. The van der Waals surface area contributed by atoms with Crippen LogP contribution in [-0.2, 0) is 14.3 Å². The zero-order valence-electron chi connectivity index (χ0n) is 23.2. The summed E-state index contributed by atoms with van der Waals surface area (Å²) in [6, 6.07) is 5.77. The number of nitrogens with one attached hydrogen (secondary N) is 1. The highest BCUT2D eigenvalue weighted by Crippen LogP contribution is 2.46. The van der Waals surface area contributed by atoms with E-state index in [1.807, 2.05) is 32.0 Å². The van der Waals surface area contributed by atoms with E-state index in [0.29, 0.717) is 12.8 Å². The SMILES string of the molecule is C=CC[C@H]1C(=O)C(C)(C)[C@@H](O)CC(=O)N[C@H](c2ccc3sc(C)nc3c2)C[C@H]2O[C@@]2(C)CCC[C@H](C)[C@@H]1O. The number of carbonyl (C=O) groups is 2. The van der Waals surface area contributed by atoms with Gasteiger partial charge < -0.3 is 20.3 Å². The molecule has 208 valence electrons. The lowest BCUT2D eigenvalue weighted by Gasteiger charge is -2.36. The molecule has 7 nitrogen and oxygen atoms in total. The van der Waals surface area contributed by atoms with Crippen molar-refractivity contribution in [3.05, 3.63) is 41.4 Å². The second-order valence-electron chi connectivity index (χ2n) is 12.0. The van der Waals surface area contributed by atoms with E-state index < -0.39 is 23.5 Å². The Bertz CT molecular complexity index is 1190. The number of hydrogen-bond donors (Lipinski definition) is 3. The van der Waals surface area contributed by atoms with E-state index in [4.69, 9.17) is 4.74 Å². The Hall–Kier alpha value is -2.13. The molecular weight excluding hydrogens is 500 g/mol. The van der Waals surface area contributed by atoms with Gasteiger partial charge in [0.1, 0.15) is 5.78 Å². The summed E-state index contributed by atoms with van der Waals surface area (Å²) in [5, 5.41) is 26.3. The molecule has 0 aliphatic carbocycles. The molecule has 1 amide bonds. The number of ketones is 1. The molecule has 1 aromatic heterocycles. The first-order valence-electron chi connectivity index (χ1n) is 13.7. The molecule has 0 radical (unpaired) electrons. The number of benzene rings is 1. The molecule has 4 rings (SSSR count). The number of nitrogens with zero attached hydrogens (tertiary/aromatic N) is 1. The molecule has 2 aromatic rings. The highest BCUT2D eigenvalue weighted by molar-refractivity contribution is 7.18. The molecule has 2 saturated heterocycles. The third-order valence-corrected chi connectivity index (χ3v) is 9.63. The highest BCUT2D eigenvalue weighted by Gasteiger charge is 2.52. The van der Waals surface area contributed by atoms with Crippen molar-refractivity contribution in [2.24, 2.45) is 17.3 Å². The Morgan fingerprint density at radius 3 is 2.71 bits per heavy atom. The summed E-state index contributed by atoms with van der Waals surface area (Å²) in [5.41, 5.74) is 0.346. The van der Waals surface area contributed by atoms with Crippen molar-refractivity contribution in [1.82, 2.24) is 10.3 Å². The predicted octanol–water partition coefficient (Wildman–Crippen LogP) is 5.03. The van der Waals surface area contributed by atoms with Gasteiger partial charge in [-0.15, -0.1) is 17.9 Å². The molecule has 38 heavy (non-hydrogen) atoms. The molecule has 0 bridgehead atoms. The maximum atomic E-state index is 13.6. The maximum Gasteiger partial charge on any atom is 0.223 e. The fraction of sp³-hybridized carbons (Fsp3) is 0.633. The zero-order chi connectivity index (χ0) is 27.8. The number of epoxide rings is 1. The Morgan fingerprint density at radius 2 is 2.00 bits per heavy atom. The number of ether oxygens (including phenoxy) is 1. The van der Waals surface area contributed by atoms with E-state index in [0.717, 1.165) is 40.1 Å². The highest BCUT2D eigenvalue weighted by atomic mass is 32.1. The van der Waals surface area contributed by atoms with Gasteiger partial charge in [-0.3, -0.25) is 9.59 Å². The van der Waals surface area contributed by atoms with Gasteiger partial charge in [0.2, 0.25) is 5.91 Å². The standard InChI is InChI=1S/C30H42N2O5S/c1-7-9-20-27(35)17(2)10-8-13-30(6)25(37-30)15-21(19-11-12-23-22(14-19)31-18(3)38-23)32-26(34)16-24(33)29(4,5)28(20)36/h7,11-12,14,17,20-21,24-25,27,33,35H,1,8-10,13,15-16H2,2-6H3,(H,32,34)/t17-,20+,21-,24-,25+,27-,30-/m0/s1. The molecule has 3 heterocycles. The lowest BCUT2D eigenvalue weighted by molar-refractivity contribution is -0.144. The number of amides is 1. The van der Waals surface area contributed by atoms with Gasteiger partial charge in [0.05, 0.1) is 57.0 Å². The molecule has 2 fully saturated rings. The number of thiazole rings is 1. The number of allylic oxidation sites excluding steroid dienone is 1. The number of aromatic nitrogens is 1. The molecule has 0 spiro atoms. The van der Waals surface area contributed by atoms with E-state index in [1.54, 1.807) is 31.3 Å². The number of fused-ring (bicyclic) bond motifs is 2. The minimum absolute atomic E-state index is 0.00902. The summed E-state index contributed by atoms with van der Waals surface area (Å²) < 4.78 is 7.25. The third-order valence-electron chi connectivity index (χ3n) is 8.67. The van der Waals surface area contributed by atoms with Crippen LogP contribution in [0.2, 0.25) is 0 Å². The first-order valence-corrected chi connectivity index (χ1v) is 14.5. The number of rotatable bonds is 3. The number of carbonyl (C=O) groups excluding carboxylic acids is 2. The van der Waals surface area contributed by atoms with Gasteiger partial charge in [0, 0.05) is 12.3 Å². The van der Waals surface area contributed by atoms with Gasteiger partial charge in [-0.05, 0) is 56.7 Å². The maximum absolute atomic E-state index is 13.6. The van der Waals surface area contributed by atoms with Crippen molar-refractivity contribution in [1.29, 1.82) is 0 Å². The molecule has 0 unspecified atom stereocenters. The minimum Gasteiger partial charge on any atom is -0.392 e. The fourth-order valence-electron chi connectivity index (χ4n) is 5.83. The van der Waals surface area contributed by atoms with Crippen LogP contribution in [0, 0.1) is 24.2 Å². The van der Waals surface area contributed by atoms with Crippen LogP contribution in [0.3, 0.4) is 0 Å². The van der Waals surface area contributed by atoms with Crippen LogP contribution in [0.4, 0.5) is 0 Å². The zero-order valence-corrected chi connectivity index (χ0v) is 24.0. The van der Waals surface area contributed by atoms with Crippen molar-refractivity contribution < 1.29 is 24.5 Å². The molecular formula is C30H42N2O5S. The molecule has 1 aromatic carbocycles. The molecule has 8 heteroatoms. The van der Waals surface area contributed by atoms with Crippen molar-refractivity contribution in [2.75, 3.05) is 0 Å². The van der Waals surface area contributed by atoms with Crippen LogP contribution in [0.5, 0.6) is 0 Å². The lowest BCUT2D eigenvalue weighted by Crippen LogP contribution is -2.47. The second-order valence-corrected chi connectivity index (χ2v) is 13.3. The predicted molar refractivity (Wildman–Crippen MR) is 150 cm³/mol. The van der Waals surface area contributed by atoms with Gasteiger partial charge in [-0.2, -0.15) is 0 Å². The van der Waals surface area contributed by atoms with Gasteiger partial charge in [-0.25, -0.2) is 4.98 Å². The summed E-state index contributed by atoms with van der Waals surface area (Å²) in [6.07, 6.45) is 2.73. The monoisotopic (exact) mass is 542 g/mol. The summed E-state index contributed by atoms with van der Waals surface area (Å²) in [5.74, 6) is -1.37. The van der Waals surface area contributed by atoms with Crippen LogP contribution >= 0.6 is 11.3 Å². The van der Waals surface area contributed by atoms with Crippen molar-refractivity contribution in [3.63, 3.8) is 0 Å². The minimum atomic E-state index is -1.21. The molecule has 7 atom stereocenters. The van der Waals surface area contributed by atoms with Gasteiger partial charge in [0.15, 0.2) is 0 Å². The van der Waals surface area contributed by atoms with Crippen LogP contribution in [0.25, 0.3) is 10.2 Å². The normalized spacial score (nSPS) is 34.9. The first-order chi connectivity index (χ1) is 17.9. The fourth-order valence-corrected chi connectivity index (χ4v) is 6.63. The van der Waals surface area contributed by atoms with Crippen LogP contribution in [0.15, 0.2) is 30.9 Å². The lowest BCUT2D eigenvalue weighted by atomic mass is 9.71. The van der Waals surface area contributed by atoms with E-state index in [-0.39, 0.29) is 41.8 Å². The summed E-state index contributed by atoms with van der Waals surface area (Å²) in [4.78, 5) is 31.5. The average Bonchev–Trinajstić information content (AvgIpc) is 3.32. The third kappa shape index (κ3) is 6.03. The second kappa shape index (κ2) is 11.2. The van der Waals surface area contributed by atoms with Gasteiger partial charge in [-0.1, -0.05) is 39.3 Å². The average molecular weight is 543 g/mol. The molecule has 2 aliphatic heterocycles. The van der Waals surface area contributed by atoms with Crippen LogP contribution < -0.4 is 5.32 Å². The Labute approximate surface area is 229 Å². The summed E-state index contributed by atoms with van der Waals surface area (Å²) in [6.45, 7) is 13.1. The number of hydrogen-bond acceptors (Lipinski definition) is 7. The number of aliphatic hydroxyl groups is 2. The number of aryl methyl sites for hydroxylation is 1. The van der Waals surface area contributed by atoms with Crippen LogP contribution in [0.1, 0.15) is 82.8 Å². The van der Waals surface area contributed by atoms with Gasteiger partial charge in [0.25, 0.3) is 0 Å². The van der Waals surface area contributed by atoms with Crippen LogP contribution in [-0.4, -0.2) is 50.8 Å². The van der Waals surface area contributed by atoms with Crippen molar-refractivity contribution >= 4 is 33.2 Å².